The van der Waals surface area contributed by atoms with Crippen LogP contribution < -0.4 is 15.4 Å². The van der Waals surface area contributed by atoms with E-state index in [1.54, 1.807) is 71.6 Å². The number of carbonyl (C=O) groups is 1. The van der Waals surface area contributed by atoms with E-state index >= 15 is 4.39 Å². The number of hydrogen-bond donors (Lipinski definition) is 2. The number of allylic oxidation sites excluding steroid dienone is 2. The predicted octanol–water partition coefficient (Wildman–Crippen LogP) is 8.57. The fourth-order valence-corrected chi connectivity index (χ4v) is 6.70. The summed E-state index contributed by atoms with van der Waals surface area (Å²) in [5.74, 6) is -0.186. The Morgan fingerprint density at radius 1 is 1.02 bits per heavy atom. The Kier molecular flexibility index (Phi) is 13.2. The highest BCUT2D eigenvalue weighted by Crippen LogP contribution is 2.42. The van der Waals surface area contributed by atoms with Gasteiger partial charge in [-0.25, -0.2) is 9.37 Å². The number of morpholine rings is 1. The van der Waals surface area contributed by atoms with Crippen molar-refractivity contribution in [2.45, 2.75) is 69.8 Å². The summed E-state index contributed by atoms with van der Waals surface area (Å²) in [5.41, 5.74) is 2.09. The van der Waals surface area contributed by atoms with Crippen LogP contribution in [0.2, 0.25) is 0 Å². The van der Waals surface area contributed by atoms with E-state index < -0.39 is 18.4 Å². The lowest BCUT2D eigenvalue weighted by Crippen LogP contribution is -2.40. The number of ether oxygens (including phenoxy) is 3. The first-order valence-corrected chi connectivity index (χ1v) is 18.7. The Bertz CT molecular complexity index is 1790. The maximum atomic E-state index is 15.8. The number of anilines is 1. The van der Waals surface area contributed by atoms with Gasteiger partial charge in [0.25, 0.3) is 0 Å². The molecule has 288 valence electrons. The molecule has 3 aliphatic rings. The summed E-state index contributed by atoms with van der Waals surface area (Å²) in [6, 6.07) is 16.8. The molecule has 54 heavy (non-hydrogen) atoms. The molecule has 2 aliphatic heterocycles. The third-order valence-electron chi connectivity index (χ3n) is 9.80. The Hall–Kier alpha value is -4.52. The Morgan fingerprint density at radius 2 is 1.80 bits per heavy atom. The first kappa shape index (κ1) is 39.2. The first-order valence-electron chi connectivity index (χ1n) is 18.7. The largest absolute Gasteiger partial charge is 0.476 e. The van der Waals surface area contributed by atoms with Crippen molar-refractivity contribution in [1.82, 2.24) is 15.2 Å². The smallest absolute Gasteiger partial charge is 0.393 e. The molecule has 0 radical (unpaired) electrons. The van der Waals surface area contributed by atoms with Crippen molar-refractivity contribution in [1.29, 1.82) is 0 Å². The van der Waals surface area contributed by atoms with Crippen LogP contribution in [0.1, 0.15) is 74.1 Å². The van der Waals surface area contributed by atoms with E-state index in [0.717, 1.165) is 32.1 Å². The van der Waals surface area contributed by atoms with Crippen LogP contribution in [0.5, 0.6) is 5.88 Å². The zero-order chi connectivity index (χ0) is 38.0. The molecule has 12 heteroatoms. The van der Waals surface area contributed by atoms with Crippen LogP contribution >= 0.6 is 0 Å². The number of aromatic nitrogens is 1. The van der Waals surface area contributed by atoms with Crippen LogP contribution in [0.25, 0.3) is 17.0 Å². The number of nitrogens with zero attached hydrogens (tertiary/aromatic N) is 2. The lowest BCUT2D eigenvalue weighted by Gasteiger charge is -2.26. The van der Waals surface area contributed by atoms with Gasteiger partial charge in [0.15, 0.2) is 0 Å². The summed E-state index contributed by atoms with van der Waals surface area (Å²) in [5, 5.41) is 6.77. The first-order chi connectivity index (χ1) is 26.1. The molecule has 0 bridgehead atoms. The third-order valence-corrected chi connectivity index (χ3v) is 9.80. The highest BCUT2D eigenvalue weighted by molar-refractivity contribution is 5.99. The molecule has 0 spiro atoms. The van der Waals surface area contributed by atoms with Crippen molar-refractivity contribution in [2.75, 3.05) is 51.4 Å². The van der Waals surface area contributed by atoms with E-state index in [1.807, 2.05) is 13.0 Å². The molecular weight excluding hydrogens is 700 g/mol. The summed E-state index contributed by atoms with van der Waals surface area (Å²) < 4.78 is 76.0. The summed E-state index contributed by atoms with van der Waals surface area (Å²) >= 11 is 0. The Morgan fingerprint density at radius 3 is 2.46 bits per heavy atom. The van der Waals surface area contributed by atoms with Crippen molar-refractivity contribution in [2.24, 2.45) is 0 Å². The summed E-state index contributed by atoms with van der Waals surface area (Å²) in [7, 11) is 0. The zero-order valence-corrected chi connectivity index (χ0v) is 30.6. The lowest BCUT2D eigenvalue weighted by molar-refractivity contribution is -0.130. The second-order valence-corrected chi connectivity index (χ2v) is 13.9. The average molecular weight is 749 g/mol. The number of amides is 1. The standard InChI is InChI=1S/C42H48F4N4O4/c1-2-9-35(43)33-26-31(14-16-36(33)49-38-12-6-7-23-53-38)40(34(27-42(44,45)46)30-10-4-3-5-11-30)32-15-17-37(47-28-32)54-29-41(18-19-41)48-20-8-13-39(51)50-21-24-52-25-22-50/h3-5,8-11,13-17,26,28,38,48-49H,2,6-7,12,18-25,27,29H2,1H3/b13-8+,35-9-,40-34-. The van der Waals surface area contributed by atoms with Gasteiger partial charge >= 0.3 is 6.18 Å². The van der Waals surface area contributed by atoms with Crippen molar-refractivity contribution in [3.05, 3.63) is 107 Å². The maximum Gasteiger partial charge on any atom is 0.393 e. The minimum atomic E-state index is -4.53. The van der Waals surface area contributed by atoms with E-state index in [4.69, 9.17) is 14.2 Å². The third kappa shape index (κ3) is 10.8. The molecule has 2 aromatic carbocycles. The van der Waals surface area contributed by atoms with E-state index in [-0.39, 0.29) is 28.8 Å². The summed E-state index contributed by atoms with van der Waals surface area (Å²) in [6.45, 7) is 5.53. The molecule has 6 rings (SSSR count). The molecule has 3 fully saturated rings. The molecule has 1 amide bonds. The van der Waals surface area contributed by atoms with Crippen LogP contribution in [0.3, 0.4) is 0 Å². The van der Waals surface area contributed by atoms with Crippen LogP contribution in [0.4, 0.5) is 23.2 Å². The second kappa shape index (κ2) is 18.2. The van der Waals surface area contributed by atoms with Crippen LogP contribution in [0, 0.1) is 0 Å². The quantitative estimate of drug-likeness (QED) is 0.0916. The molecule has 2 N–H and O–H groups in total. The van der Waals surface area contributed by atoms with E-state index in [9.17, 15) is 18.0 Å². The van der Waals surface area contributed by atoms with Crippen LogP contribution in [0.15, 0.2) is 85.1 Å². The van der Waals surface area contributed by atoms with Gasteiger partial charge in [0, 0.05) is 61.4 Å². The van der Waals surface area contributed by atoms with Crippen molar-refractivity contribution >= 4 is 28.6 Å². The van der Waals surface area contributed by atoms with Gasteiger partial charge in [0.2, 0.25) is 11.8 Å². The average Bonchev–Trinajstić information content (AvgIpc) is 3.97. The number of carbonyl (C=O) groups excluding carboxylic acids is 1. The van der Waals surface area contributed by atoms with Crippen molar-refractivity contribution < 1.29 is 36.6 Å². The molecule has 3 heterocycles. The maximum absolute atomic E-state index is 15.8. The molecule has 3 aromatic rings. The van der Waals surface area contributed by atoms with Crippen LogP contribution in [-0.2, 0) is 14.3 Å². The van der Waals surface area contributed by atoms with Gasteiger partial charge in [-0.2, -0.15) is 13.2 Å². The molecule has 8 nitrogen and oxygen atoms in total. The van der Waals surface area contributed by atoms with Gasteiger partial charge in [-0.05, 0) is 85.1 Å². The van der Waals surface area contributed by atoms with E-state index in [1.165, 1.54) is 12.3 Å². The molecule has 1 atom stereocenters. The molecule has 2 saturated heterocycles. The van der Waals surface area contributed by atoms with Gasteiger partial charge < -0.3 is 29.7 Å². The number of pyridine rings is 1. The molecule has 1 saturated carbocycles. The molecular formula is C42H48F4N4O4. The Labute approximate surface area is 314 Å². The Balaban J connectivity index is 1.26. The number of benzene rings is 2. The summed E-state index contributed by atoms with van der Waals surface area (Å²) in [4.78, 5) is 18.7. The highest BCUT2D eigenvalue weighted by Gasteiger charge is 2.43. The van der Waals surface area contributed by atoms with E-state index in [2.05, 4.69) is 15.6 Å². The number of rotatable bonds is 15. The van der Waals surface area contributed by atoms with Gasteiger partial charge in [-0.1, -0.05) is 49.4 Å². The van der Waals surface area contributed by atoms with Crippen molar-refractivity contribution in [3.8, 4) is 5.88 Å². The van der Waals surface area contributed by atoms with Crippen molar-refractivity contribution in [3.63, 3.8) is 0 Å². The van der Waals surface area contributed by atoms with Gasteiger partial charge in [-0.3, -0.25) is 4.79 Å². The van der Waals surface area contributed by atoms with Gasteiger partial charge in [0.1, 0.15) is 18.7 Å². The fourth-order valence-electron chi connectivity index (χ4n) is 6.70. The van der Waals surface area contributed by atoms with Gasteiger partial charge in [-0.15, -0.1) is 0 Å². The number of halogens is 4. The number of hydrogen-bond acceptors (Lipinski definition) is 7. The van der Waals surface area contributed by atoms with Crippen LogP contribution in [-0.4, -0.2) is 79.8 Å². The topological polar surface area (TPSA) is 85.0 Å². The monoisotopic (exact) mass is 748 g/mol. The number of alkyl halides is 3. The second-order valence-electron chi connectivity index (χ2n) is 13.9. The highest BCUT2D eigenvalue weighted by atomic mass is 19.4. The predicted molar refractivity (Wildman–Crippen MR) is 202 cm³/mol. The van der Waals surface area contributed by atoms with E-state index in [0.29, 0.717) is 86.3 Å². The van der Waals surface area contributed by atoms with Gasteiger partial charge in [0.05, 0.1) is 25.2 Å². The minimum absolute atomic E-state index is 0.0370. The molecule has 1 aromatic heterocycles. The normalized spacial score (nSPS) is 19.4. The number of nitrogens with one attached hydrogen (secondary N) is 2. The minimum Gasteiger partial charge on any atom is -0.476 e. The SMILES string of the molecule is CC/C=C(\F)c1cc(/C(=C(\CC(F)(F)F)c2ccccc2)c2ccc(OCC3(NC/C=C/C(=O)N4CCOCC4)CC3)nc2)ccc1NC1CCCCO1. The lowest BCUT2D eigenvalue weighted by atomic mass is 9.87. The zero-order valence-electron chi connectivity index (χ0n) is 30.6. The molecule has 1 unspecified atom stereocenters. The fraction of sp³-hybridized carbons (Fsp3) is 0.429. The summed E-state index contributed by atoms with van der Waals surface area (Å²) in [6.07, 6.45) is 5.25. The molecule has 1 aliphatic carbocycles.